The molecule has 0 spiro atoms. The van der Waals surface area contributed by atoms with Gasteiger partial charge in [0.15, 0.2) is 0 Å². The first-order valence-corrected chi connectivity index (χ1v) is 10.9. The van der Waals surface area contributed by atoms with Gasteiger partial charge in [-0.15, -0.1) is 5.10 Å². The van der Waals surface area contributed by atoms with Gasteiger partial charge in [-0.3, -0.25) is 4.79 Å². The highest BCUT2D eigenvalue weighted by Crippen LogP contribution is 2.18. The molecule has 8 heteroatoms. The molecule has 2 aromatic carbocycles. The molecule has 0 fully saturated rings. The SMILES string of the molecule is CCC(C)C(NC(=O)c1ccc(OCCCn2nnc3cc(C)c(C)cc32)cc1)C(=O)O. The average Bonchev–Trinajstić information content (AvgIpc) is 3.16. The van der Waals surface area contributed by atoms with Crippen molar-refractivity contribution >= 4 is 22.9 Å². The molecule has 0 aliphatic rings. The van der Waals surface area contributed by atoms with Crippen molar-refractivity contribution in [3.05, 3.63) is 53.1 Å². The fourth-order valence-corrected chi connectivity index (χ4v) is 3.40. The molecule has 0 radical (unpaired) electrons. The van der Waals surface area contributed by atoms with Crippen LogP contribution in [0.25, 0.3) is 11.0 Å². The first-order chi connectivity index (χ1) is 15.3. The Hall–Kier alpha value is -3.42. The van der Waals surface area contributed by atoms with Crippen LogP contribution in [-0.4, -0.2) is 44.6 Å². The molecule has 2 atom stereocenters. The Labute approximate surface area is 187 Å². The first kappa shape index (κ1) is 23.2. The van der Waals surface area contributed by atoms with Crippen LogP contribution in [0.2, 0.25) is 0 Å². The predicted molar refractivity (Wildman–Crippen MR) is 122 cm³/mol. The van der Waals surface area contributed by atoms with E-state index in [1.54, 1.807) is 31.2 Å². The molecule has 3 rings (SSSR count). The number of hydrogen-bond acceptors (Lipinski definition) is 5. The number of carboxylic acid groups (broad SMARTS) is 1. The Morgan fingerprint density at radius 1 is 1.16 bits per heavy atom. The number of nitrogens with zero attached hydrogens (tertiary/aromatic N) is 3. The molecule has 170 valence electrons. The lowest BCUT2D eigenvalue weighted by molar-refractivity contribution is -0.140. The van der Waals surface area contributed by atoms with Crippen LogP contribution in [-0.2, 0) is 11.3 Å². The highest BCUT2D eigenvalue weighted by Gasteiger charge is 2.25. The van der Waals surface area contributed by atoms with Crippen molar-refractivity contribution in [1.82, 2.24) is 20.3 Å². The molecule has 2 N–H and O–H groups in total. The molecular weight excluding hydrogens is 408 g/mol. The van der Waals surface area contributed by atoms with Gasteiger partial charge in [-0.25, -0.2) is 9.48 Å². The number of carboxylic acids is 1. The molecule has 2 unspecified atom stereocenters. The van der Waals surface area contributed by atoms with E-state index in [9.17, 15) is 14.7 Å². The number of aromatic nitrogens is 3. The Balaban J connectivity index is 1.51. The number of fused-ring (bicyclic) bond motifs is 1. The molecule has 8 nitrogen and oxygen atoms in total. The van der Waals surface area contributed by atoms with Crippen LogP contribution in [0.1, 0.15) is 48.2 Å². The number of aliphatic carboxylic acids is 1. The minimum atomic E-state index is -1.03. The summed E-state index contributed by atoms with van der Waals surface area (Å²) in [6, 6.07) is 9.93. The number of ether oxygens (including phenoxy) is 1. The van der Waals surface area contributed by atoms with Crippen LogP contribution < -0.4 is 10.1 Å². The maximum absolute atomic E-state index is 12.4. The number of benzene rings is 2. The van der Waals surface area contributed by atoms with Crippen LogP contribution in [0.4, 0.5) is 0 Å². The smallest absolute Gasteiger partial charge is 0.326 e. The summed E-state index contributed by atoms with van der Waals surface area (Å²) in [6.07, 6.45) is 1.41. The van der Waals surface area contributed by atoms with E-state index >= 15 is 0 Å². The maximum atomic E-state index is 12.4. The van der Waals surface area contributed by atoms with Gasteiger partial charge in [0, 0.05) is 18.5 Å². The Bertz CT molecular complexity index is 1090. The lowest BCUT2D eigenvalue weighted by Crippen LogP contribution is -2.45. The lowest BCUT2D eigenvalue weighted by atomic mass is 9.99. The maximum Gasteiger partial charge on any atom is 0.326 e. The third-order valence-corrected chi connectivity index (χ3v) is 5.79. The van der Waals surface area contributed by atoms with Crippen LogP contribution >= 0.6 is 0 Å². The number of carbonyl (C=O) groups excluding carboxylic acids is 1. The van der Waals surface area contributed by atoms with Gasteiger partial charge in [-0.1, -0.05) is 25.5 Å². The van der Waals surface area contributed by atoms with Crippen LogP contribution in [0, 0.1) is 19.8 Å². The van der Waals surface area contributed by atoms with Gasteiger partial charge in [-0.05, 0) is 67.3 Å². The van der Waals surface area contributed by atoms with Crippen molar-refractivity contribution in [2.45, 2.75) is 53.1 Å². The van der Waals surface area contributed by atoms with Gasteiger partial charge >= 0.3 is 5.97 Å². The summed E-state index contributed by atoms with van der Waals surface area (Å²) in [7, 11) is 0. The topological polar surface area (TPSA) is 106 Å². The van der Waals surface area contributed by atoms with Gasteiger partial charge in [-0.2, -0.15) is 0 Å². The zero-order chi connectivity index (χ0) is 23.3. The number of rotatable bonds is 10. The van der Waals surface area contributed by atoms with Gasteiger partial charge < -0.3 is 15.2 Å². The fraction of sp³-hybridized carbons (Fsp3) is 0.417. The minimum Gasteiger partial charge on any atom is -0.494 e. The lowest BCUT2D eigenvalue weighted by Gasteiger charge is -2.20. The Morgan fingerprint density at radius 3 is 2.50 bits per heavy atom. The number of amides is 1. The third kappa shape index (κ3) is 5.43. The summed E-state index contributed by atoms with van der Waals surface area (Å²) in [4.78, 5) is 23.8. The largest absolute Gasteiger partial charge is 0.494 e. The van der Waals surface area contributed by atoms with Crippen molar-refractivity contribution < 1.29 is 19.4 Å². The summed E-state index contributed by atoms with van der Waals surface area (Å²) >= 11 is 0. The van der Waals surface area contributed by atoms with Gasteiger partial charge in [0.2, 0.25) is 0 Å². The van der Waals surface area contributed by atoms with E-state index in [0.717, 1.165) is 17.5 Å². The molecule has 0 aliphatic heterocycles. The zero-order valence-corrected chi connectivity index (χ0v) is 19.0. The van der Waals surface area contributed by atoms with Crippen LogP contribution in [0.15, 0.2) is 36.4 Å². The molecule has 1 heterocycles. The average molecular weight is 439 g/mol. The van der Waals surface area contributed by atoms with Crippen molar-refractivity contribution in [1.29, 1.82) is 0 Å². The number of carbonyl (C=O) groups is 2. The second-order valence-electron chi connectivity index (χ2n) is 8.14. The van der Waals surface area contributed by atoms with E-state index in [4.69, 9.17) is 4.74 Å². The molecule has 1 amide bonds. The second-order valence-corrected chi connectivity index (χ2v) is 8.14. The van der Waals surface area contributed by atoms with Crippen molar-refractivity contribution in [2.24, 2.45) is 5.92 Å². The molecule has 0 aliphatic carbocycles. The van der Waals surface area contributed by atoms with Crippen molar-refractivity contribution in [3.63, 3.8) is 0 Å². The highest BCUT2D eigenvalue weighted by atomic mass is 16.5. The van der Waals surface area contributed by atoms with Gasteiger partial charge in [0.25, 0.3) is 5.91 Å². The monoisotopic (exact) mass is 438 g/mol. The first-order valence-electron chi connectivity index (χ1n) is 10.9. The number of nitrogens with one attached hydrogen (secondary N) is 1. The van der Waals surface area contributed by atoms with Crippen LogP contribution in [0.5, 0.6) is 5.75 Å². The molecule has 1 aromatic heterocycles. The number of hydrogen-bond donors (Lipinski definition) is 2. The van der Waals surface area contributed by atoms with Gasteiger partial charge in [0.1, 0.15) is 17.3 Å². The normalized spacial score (nSPS) is 13.0. The van der Waals surface area contributed by atoms with E-state index in [1.165, 1.54) is 11.1 Å². The predicted octanol–water partition coefficient (Wildman–Crippen LogP) is 3.75. The van der Waals surface area contributed by atoms with Crippen LogP contribution in [0.3, 0.4) is 0 Å². The Kier molecular flexibility index (Phi) is 7.45. The Morgan fingerprint density at radius 2 is 1.84 bits per heavy atom. The van der Waals surface area contributed by atoms with E-state index < -0.39 is 17.9 Å². The fourth-order valence-electron chi connectivity index (χ4n) is 3.40. The summed E-state index contributed by atoms with van der Waals surface area (Å²) in [5, 5.41) is 20.4. The van der Waals surface area contributed by atoms with Crippen molar-refractivity contribution in [2.75, 3.05) is 6.61 Å². The summed E-state index contributed by atoms with van der Waals surface area (Å²) in [5.74, 6) is -0.951. The molecule has 32 heavy (non-hydrogen) atoms. The van der Waals surface area contributed by atoms with Gasteiger partial charge in [0.05, 0.1) is 12.1 Å². The quantitative estimate of drug-likeness (QED) is 0.467. The molecule has 0 saturated heterocycles. The zero-order valence-electron chi connectivity index (χ0n) is 19.0. The molecule has 3 aromatic rings. The third-order valence-electron chi connectivity index (χ3n) is 5.79. The van der Waals surface area contributed by atoms with Crippen molar-refractivity contribution in [3.8, 4) is 5.75 Å². The van der Waals surface area contributed by atoms with E-state index in [-0.39, 0.29) is 5.92 Å². The standard InChI is InChI=1S/C24H30N4O4/c1-5-15(2)22(24(30)31)25-23(29)18-7-9-19(10-8-18)32-12-6-11-28-21-14-17(4)16(3)13-20(21)26-27-28/h7-10,13-15,22H,5-6,11-12H2,1-4H3,(H,25,29)(H,30,31). The highest BCUT2D eigenvalue weighted by molar-refractivity contribution is 5.96. The minimum absolute atomic E-state index is 0.158. The molecular formula is C24H30N4O4. The van der Waals surface area contributed by atoms with E-state index in [1.807, 2.05) is 17.7 Å². The summed E-state index contributed by atoms with van der Waals surface area (Å²) < 4.78 is 7.67. The molecule has 0 bridgehead atoms. The molecule has 0 saturated carbocycles. The summed E-state index contributed by atoms with van der Waals surface area (Å²) in [5.41, 5.74) is 4.71. The number of aryl methyl sites for hydroxylation is 3. The second kappa shape index (κ2) is 10.3. The van der Waals surface area contributed by atoms with E-state index in [0.29, 0.717) is 30.9 Å². The summed E-state index contributed by atoms with van der Waals surface area (Å²) in [6.45, 7) is 9.02. The van der Waals surface area contributed by atoms with E-state index in [2.05, 4.69) is 35.5 Å².